The van der Waals surface area contributed by atoms with Crippen LogP contribution in [0.3, 0.4) is 0 Å². The Morgan fingerprint density at radius 1 is 0.275 bits per heavy atom. The number of aromatic nitrogens is 5. The molecule has 480 valence electrons. The Balaban J connectivity index is 0.000000138. The van der Waals surface area contributed by atoms with E-state index in [1.165, 1.54) is 33.0 Å². The van der Waals surface area contributed by atoms with E-state index in [1.54, 1.807) is 0 Å². The van der Waals surface area contributed by atoms with E-state index in [2.05, 4.69) is 187 Å². The number of para-hydroxylation sites is 5. The number of fused-ring (bicyclic) bond motifs is 18. The first-order valence-electron chi connectivity index (χ1n) is 34.2. The first kappa shape index (κ1) is 58.6. The molecule has 6 heterocycles. The van der Waals surface area contributed by atoms with Gasteiger partial charge in [-0.1, -0.05) is 238 Å². The molecule has 0 saturated heterocycles. The van der Waals surface area contributed by atoms with E-state index in [0.717, 1.165) is 127 Å². The Morgan fingerprint density at radius 3 is 1.38 bits per heavy atom. The van der Waals surface area contributed by atoms with E-state index in [1.807, 2.05) is 146 Å². The standard InChI is InChI=1S/C49H32N4O2.C43H25NO3/c1-49(2)40-19-11-9-17-34(40)36-27-38-37-25-32(31-21-23-33-35-18-10-12-20-44(35)55-47(54)39(33)26-31)22-24-42(37)53(43(38)28-41(36)49)48-51-45(29-13-5-3-6-14-29)50-46(52-48)30-15-7-4-8-16-30;45-43-37-24-27(19-21-31(37)33-12-2-6-18-41(33)47-43)26-9-7-10-29(23-26)44-38-16-4-1-11-32(38)36-25-28(20-22-39(36)44)30-14-8-15-35-34-13-3-5-17-40(34)46-42(30)35/h3-28H,1-2H3;1-25H. The van der Waals surface area contributed by atoms with Crippen molar-refractivity contribution in [2.75, 3.05) is 0 Å². The van der Waals surface area contributed by atoms with E-state index in [0.29, 0.717) is 39.5 Å². The van der Waals surface area contributed by atoms with Gasteiger partial charge < -0.3 is 17.8 Å². The van der Waals surface area contributed by atoms with Gasteiger partial charge in [0.1, 0.15) is 22.3 Å². The van der Waals surface area contributed by atoms with Crippen LogP contribution in [-0.2, 0) is 5.41 Å². The Hall–Kier alpha value is -13.6. The van der Waals surface area contributed by atoms with Crippen molar-refractivity contribution in [1.82, 2.24) is 24.1 Å². The van der Waals surface area contributed by atoms with Crippen molar-refractivity contribution < 1.29 is 13.3 Å². The third-order valence-corrected chi connectivity index (χ3v) is 20.8. The second-order valence-electron chi connectivity index (χ2n) is 26.9. The summed E-state index contributed by atoms with van der Waals surface area (Å²) in [6, 6.07) is 106. The fourth-order valence-electron chi connectivity index (χ4n) is 15.8. The highest BCUT2D eigenvalue weighted by atomic mass is 16.4. The predicted molar refractivity (Wildman–Crippen MR) is 414 cm³/mol. The molecule has 0 bridgehead atoms. The van der Waals surface area contributed by atoms with Gasteiger partial charge in [0.2, 0.25) is 5.95 Å². The Morgan fingerprint density at radius 2 is 0.725 bits per heavy atom. The molecule has 0 aliphatic heterocycles. The lowest BCUT2D eigenvalue weighted by molar-refractivity contribution is 0.569. The van der Waals surface area contributed by atoms with E-state index < -0.39 is 0 Å². The molecule has 0 atom stereocenters. The molecule has 10 heteroatoms. The van der Waals surface area contributed by atoms with Crippen LogP contribution >= 0.6 is 0 Å². The second-order valence-corrected chi connectivity index (χ2v) is 26.9. The molecule has 0 spiro atoms. The van der Waals surface area contributed by atoms with Gasteiger partial charge in [0.05, 0.1) is 32.8 Å². The van der Waals surface area contributed by atoms with Crippen LogP contribution in [0.5, 0.6) is 0 Å². The summed E-state index contributed by atoms with van der Waals surface area (Å²) in [7, 11) is 0. The van der Waals surface area contributed by atoms with Crippen LogP contribution in [0.25, 0.3) is 188 Å². The minimum absolute atomic E-state index is 0.202. The molecule has 0 amide bonds. The molecule has 102 heavy (non-hydrogen) atoms. The molecule has 0 N–H and O–H groups in total. The molecule has 1 aliphatic rings. The molecule has 20 aromatic rings. The van der Waals surface area contributed by atoms with Crippen molar-refractivity contribution in [1.29, 1.82) is 0 Å². The molecule has 21 rings (SSSR count). The van der Waals surface area contributed by atoms with Gasteiger partial charge in [-0.15, -0.1) is 0 Å². The highest BCUT2D eigenvalue weighted by Crippen LogP contribution is 2.52. The van der Waals surface area contributed by atoms with Gasteiger partial charge in [0, 0.05) is 70.9 Å². The highest BCUT2D eigenvalue weighted by molar-refractivity contribution is 6.15. The van der Waals surface area contributed by atoms with Crippen molar-refractivity contribution in [3.05, 3.63) is 341 Å². The third-order valence-electron chi connectivity index (χ3n) is 20.8. The Kier molecular flexibility index (Phi) is 13.1. The maximum atomic E-state index is 13.3. The molecule has 6 aromatic heterocycles. The zero-order valence-electron chi connectivity index (χ0n) is 55.2. The topological polar surface area (TPSA) is 122 Å². The van der Waals surface area contributed by atoms with Gasteiger partial charge in [-0.05, 0) is 146 Å². The molecule has 0 radical (unpaired) electrons. The summed E-state index contributed by atoms with van der Waals surface area (Å²) in [6.45, 7) is 4.61. The number of furan rings is 1. The summed E-state index contributed by atoms with van der Waals surface area (Å²) in [6.07, 6.45) is 0. The quantitative estimate of drug-likeness (QED) is 0.114. The first-order valence-corrected chi connectivity index (χ1v) is 34.2. The van der Waals surface area contributed by atoms with Crippen LogP contribution in [0.15, 0.2) is 332 Å². The van der Waals surface area contributed by atoms with Crippen LogP contribution < -0.4 is 11.3 Å². The number of hydrogen-bond donors (Lipinski definition) is 0. The molecule has 0 saturated carbocycles. The zero-order chi connectivity index (χ0) is 67.9. The molecule has 0 fully saturated rings. The number of nitrogens with zero attached hydrogens (tertiary/aromatic N) is 5. The molecular formula is C92H57N5O5. The average Bonchev–Trinajstić information content (AvgIpc) is 1.58. The molecule has 14 aromatic carbocycles. The normalized spacial score (nSPS) is 12.6. The van der Waals surface area contributed by atoms with Gasteiger partial charge in [-0.25, -0.2) is 14.6 Å². The van der Waals surface area contributed by atoms with Crippen LogP contribution in [0, 0.1) is 0 Å². The van der Waals surface area contributed by atoms with Gasteiger partial charge in [-0.2, -0.15) is 9.97 Å². The lowest BCUT2D eigenvalue weighted by Gasteiger charge is -2.21. The zero-order valence-corrected chi connectivity index (χ0v) is 55.2. The van der Waals surface area contributed by atoms with E-state index in [9.17, 15) is 9.59 Å². The summed E-state index contributed by atoms with van der Waals surface area (Å²) in [4.78, 5) is 41.6. The van der Waals surface area contributed by atoms with Gasteiger partial charge in [0.15, 0.2) is 11.6 Å². The smallest absolute Gasteiger partial charge is 0.344 e. The Bertz CT molecular complexity index is 6980. The van der Waals surface area contributed by atoms with Crippen molar-refractivity contribution in [3.63, 3.8) is 0 Å². The largest absolute Gasteiger partial charge is 0.455 e. The van der Waals surface area contributed by atoms with E-state index >= 15 is 0 Å². The minimum Gasteiger partial charge on any atom is -0.455 e. The first-order chi connectivity index (χ1) is 50.1. The number of rotatable bonds is 7. The summed E-state index contributed by atoms with van der Waals surface area (Å²) in [5.74, 6) is 1.75. The van der Waals surface area contributed by atoms with Crippen LogP contribution in [0.1, 0.15) is 25.0 Å². The number of benzene rings is 14. The molecule has 0 unspecified atom stereocenters. The summed E-state index contributed by atoms with van der Waals surface area (Å²) >= 11 is 0. The van der Waals surface area contributed by atoms with Crippen molar-refractivity contribution in [3.8, 4) is 78.9 Å². The number of hydrogen-bond acceptors (Lipinski definition) is 8. The van der Waals surface area contributed by atoms with Crippen molar-refractivity contribution in [2.45, 2.75) is 19.3 Å². The molecule has 10 nitrogen and oxygen atoms in total. The van der Waals surface area contributed by atoms with Gasteiger partial charge in [-0.3, -0.25) is 4.57 Å². The van der Waals surface area contributed by atoms with Crippen LogP contribution in [0.4, 0.5) is 0 Å². The summed E-state index contributed by atoms with van der Waals surface area (Å²) in [5.41, 5.74) is 20.4. The lowest BCUT2D eigenvalue weighted by Crippen LogP contribution is -2.15. The SMILES string of the molecule is CC1(C)c2ccccc2-c2cc3c4cc(-c5ccc6c(c5)c(=O)oc5ccccc56)ccc4n(-c4nc(-c5ccccc5)nc(-c5ccccc5)n4)c3cc21.O=c1oc2ccccc2c2ccc(-c3cccc(-n4c5ccccc5c5cc(-c6cccc7c6oc6ccccc67)ccc54)c3)cc12. The maximum absolute atomic E-state index is 13.3. The van der Waals surface area contributed by atoms with Crippen molar-refractivity contribution >= 4 is 109 Å². The predicted octanol–water partition coefficient (Wildman–Crippen LogP) is 22.8. The third kappa shape index (κ3) is 9.23. The minimum atomic E-state index is -0.344. The van der Waals surface area contributed by atoms with Crippen molar-refractivity contribution in [2.24, 2.45) is 0 Å². The van der Waals surface area contributed by atoms with Gasteiger partial charge in [0.25, 0.3) is 0 Å². The Labute approximate surface area is 582 Å². The monoisotopic (exact) mass is 1310 g/mol. The van der Waals surface area contributed by atoms with Crippen LogP contribution in [-0.4, -0.2) is 24.1 Å². The maximum Gasteiger partial charge on any atom is 0.344 e. The molecule has 1 aliphatic carbocycles. The van der Waals surface area contributed by atoms with E-state index in [4.69, 9.17) is 28.2 Å². The van der Waals surface area contributed by atoms with Crippen LogP contribution in [0.2, 0.25) is 0 Å². The average molecular weight is 1310 g/mol. The fourth-order valence-corrected chi connectivity index (χ4v) is 15.8. The fraction of sp³-hybridized carbons (Fsp3) is 0.0326. The van der Waals surface area contributed by atoms with Gasteiger partial charge >= 0.3 is 11.3 Å². The summed E-state index contributed by atoms with van der Waals surface area (Å²) in [5, 5.41) is 11.5. The summed E-state index contributed by atoms with van der Waals surface area (Å²) < 4.78 is 22.3. The highest BCUT2D eigenvalue weighted by Gasteiger charge is 2.36. The second kappa shape index (κ2) is 22.8. The van der Waals surface area contributed by atoms with E-state index in [-0.39, 0.29) is 16.7 Å². The molecular weight excluding hydrogens is 1260 g/mol. The lowest BCUT2D eigenvalue weighted by atomic mass is 9.82.